The van der Waals surface area contributed by atoms with Gasteiger partial charge in [0.05, 0.1) is 6.61 Å². The lowest BCUT2D eigenvalue weighted by Gasteiger charge is -2.21. The monoisotopic (exact) mass is 455 g/mol. The minimum Gasteiger partial charge on any atom is -0.462 e. The summed E-state index contributed by atoms with van der Waals surface area (Å²) >= 11 is 0. The smallest absolute Gasteiger partial charge is 0.306 e. The van der Waals surface area contributed by atoms with Crippen molar-refractivity contribution in [3.63, 3.8) is 0 Å². The number of rotatable bonds is 25. The SMILES string of the molecule is CCCCCCCCC(CCC)OC(=O)CCCCCN(CCO)CCCCCCCC. The molecule has 0 spiro atoms. The summed E-state index contributed by atoms with van der Waals surface area (Å²) in [4.78, 5) is 14.7. The van der Waals surface area contributed by atoms with Crippen molar-refractivity contribution in [1.82, 2.24) is 4.90 Å². The van der Waals surface area contributed by atoms with Crippen molar-refractivity contribution < 1.29 is 14.6 Å². The standard InChI is InChI=1S/C28H57NO3/c1-4-7-9-11-13-16-21-27(20-6-3)32-28(31)22-17-15-19-24-29(25-26-30)23-18-14-12-10-8-5-2/h27,30H,4-26H2,1-3H3. The van der Waals surface area contributed by atoms with Gasteiger partial charge in [0.1, 0.15) is 6.10 Å². The lowest BCUT2D eigenvalue weighted by atomic mass is 10.0. The summed E-state index contributed by atoms with van der Waals surface area (Å²) in [7, 11) is 0. The third-order valence-electron chi connectivity index (χ3n) is 6.39. The number of aliphatic hydroxyl groups is 1. The number of nitrogens with zero attached hydrogens (tertiary/aromatic N) is 1. The van der Waals surface area contributed by atoms with Crippen LogP contribution in [0.3, 0.4) is 0 Å². The lowest BCUT2D eigenvalue weighted by Crippen LogP contribution is -2.29. The zero-order valence-electron chi connectivity index (χ0n) is 22.1. The molecule has 0 aliphatic carbocycles. The molecule has 4 heteroatoms. The summed E-state index contributed by atoms with van der Waals surface area (Å²) in [5, 5.41) is 9.32. The number of carbonyl (C=O) groups is 1. The normalized spacial score (nSPS) is 12.4. The van der Waals surface area contributed by atoms with Crippen LogP contribution in [0.15, 0.2) is 0 Å². The fourth-order valence-corrected chi connectivity index (χ4v) is 4.36. The predicted molar refractivity (Wildman–Crippen MR) is 138 cm³/mol. The fourth-order valence-electron chi connectivity index (χ4n) is 4.36. The molecule has 1 unspecified atom stereocenters. The summed E-state index contributed by atoms with van der Waals surface area (Å²) in [6, 6.07) is 0. The first-order valence-corrected chi connectivity index (χ1v) is 14.2. The van der Waals surface area contributed by atoms with Crippen LogP contribution in [-0.2, 0) is 9.53 Å². The molecule has 192 valence electrons. The molecular formula is C28H57NO3. The van der Waals surface area contributed by atoms with Gasteiger partial charge in [0, 0.05) is 13.0 Å². The minimum atomic E-state index is -0.00581. The van der Waals surface area contributed by atoms with E-state index in [0.29, 0.717) is 6.42 Å². The Kier molecular flexibility index (Phi) is 24.5. The van der Waals surface area contributed by atoms with Crippen molar-refractivity contribution >= 4 is 5.97 Å². The second-order valence-corrected chi connectivity index (χ2v) is 9.60. The highest BCUT2D eigenvalue weighted by atomic mass is 16.5. The molecule has 0 saturated carbocycles. The summed E-state index contributed by atoms with van der Waals surface area (Å²) in [5.41, 5.74) is 0. The second kappa shape index (κ2) is 25.0. The minimum absolute atomic E-state index is 0.00581. The van der Waals surface area contributed by atoms with Crippen LogP contribution in [0.2, 0.25) is 0 Å². The van der Waals surface area contributed by atoms with Gasteiger partial charge < -0.3 is 14.7 Å². The number of esters is 1. The van der Waals surface area contributed by atoms with Gasteiger partial charge in [-0.15, -0.1) is 0 Å². The van der Waals surface area contributed by atoms with Gasteiger partial charge >= 0.3 is 5.97 Å². The topological polar surface area (TPSA) is 49.8 Å². The molecule has 4 nitrogen and oxygen atoms in total. The van der Waals surface area contributed by atoms with Crippen LogP contribution in [0, 0.1) is 0 Å². The number of aliphatic hydroxyl groups excluding tert-OH is 1. The molecule has 32 heavy (non-hydrogen) atoms. The quantitative estimate of drug-likeness (QED) is 0.113. The second-order valence-electron chi connectivity index (χ2n) is 9.60. The van der Waals surface area contributed by atoms with E-state index in [9.17, 15) is 9.90 Å². The van der Waals surface area contributed by atoms with Crippen molar-refractivity contribution in [2.45, 2.75) is 149 Å². The zero-order valence-corrected chi connectivity index (χ0v) is 22.1. The van der Waals surface area contributed by atoms with E-state index in [-0.39, 0.29) is 18.7 Å². The molecule has 0 heterocycles. The molecule has 0 amide bonds. The van der Waals surface area contributed by atoms with E-state index in [1.165, 1.54) is 77.0 Å². The summed E-state index contributed by atoms with van der Waals surface area (Å²) in [6.07, 6.45) is 22.4. The predicted octanol–water partition coefficient (Wildman–Crippen LogP) is 7.66. The Morgan fingerprint density at radius 1 is 0.656 bits per heavy atom. The molecule has 1 atom stereocenters. The maximum atomic E-state index is 12.3. The van der Waals surface area contributed by atoms with Gasteiger partial charge in [-0.3, -0.25) is 4.79 Å². The van der Waals surface area contributed by atoms with E-state index >= 15 is 0 Å². The fraction of sp³-hybridized carbons (Fsp3) is 0.964. The first-order chi connectivity index (χ1) is 15.7. The molecule has 0 fully saturated rings. The van der Waals surface area contributed by atoms with E-state index in [2.05, 4.69) is 25.7 Å². The van der Waals surface area contributed by atoms with E-state index in [0.717, 1.165) is 58.2 Å². The summed E-state index contributed by atoms with van der Waals surface area (Å²) in [5.74, 6) is -0.00581. The highest BCUT2D eigenvalue weighted by Crippen LogP contribution is 2.16. The molecule has 0 aromatic rings. The Hall–Kier alpha value is -0.610. The highest BCUT2D eigenvalue weighted by Gasteiger charge is 2.13. The van der Waals surface area contributed by atoms with Crippen LogP contribution in [0.1, 0.15) is 143 Å². The maximum Gasteiger partial charge on any atom is 0.306 e. The lowest BCUT2D eigenvalue weighted by molar-refractivity contribution is -0.150. The molecule has 0 aromatic carbocycles. The van der Waals surface area contributed by atoms with Crippen LogP contribution in [0.5, 0.6) is 0 Å². The summed E-state index contributed by atoms with van der Waals surface area (Å²) < 4.78 is 5.80. The average Bonchev–Trinajstić information content (AvgIpc) is 2.78. The molecule has 0 saturated heterocycles. The van der Waals surface area contributed by atoms with Gasteiger partial charge in [-0.1, -0.05) is 97.8 Å². The van der Waals surface area contributed by atoms with Gasteiger partial charge in [-0.2, -0.15) is 0 Å². The van der Waals surface area contributed by atoms with E-state index in [1.807, 2.05) is 0 Å². The van der Waals surface area contributed by atoms with E-state index in [1.54, 1.807) is 0 Å². The Bertz CT molecular complexity index is 389. The van der Waals surface area contributed by atoms with Crippen LogP contribution < -0.4 is 0 Å². The third-order valence-corrected chi connectivity index (χ3v) is 6.39. The van der Waals surface area contributed by atoms with E-state index in [4.69, 9.17) is 4.74 Å². The molecule has 1 N–H and O–H groups in total. The Morgan fingerprint density at radius 2 is 1.19 bits per heavy atom. The van der Waals surface area contributed by atoms with Gasteiger partial charge in [-0.25, -0.2) is 0 Å². The van der Waals surface area contributed by atoms with Crippen LogP contribution in [-0.4, -0.2) is 48.3 Å². The number of carbonyl (C=O) groups excluding carboxylic acids is 1. The van der Waals surface area contributed by atoms with Crippen molar-refractivity contribution in [3.8, 4) is 0 Å². The van der Waals surface area contributed by atoms with Gasteiger partial charge in [0.2, 0.25) is 0 Å². The molecule has 0 bridgehead atoms. The first-order valence-electron chi connectivity index (χ1n) is 14.2. The Morgan fingerprint density at radius 3 is 1.75 bits per heavy atom. The number of hydrogen-bond acceptors (Lipinski definition) is 4. The Balaban J connectivity index is 3.88. The third kappa shape index (κ3) is 21.2. The number of hydrogen-bond donors (Lipinski definition) is 1. The highest BCUT2D eigenvalue weighted by molar-refractivity contribution is 5.69. The van der Waals surface area contributed by atoms with Gasteiger partial charge in [0.15, 0.2) is 0 Å². The van der Waals surface area contributed by atoms with Gasteiger partial charge in [0.25, 0.3) is 0 Å². The number of unbranched alkanes of at least 4 members (excludes halogenated alkanes) is 12. The van der Waals surface area contributed by atoms with Crippen molar-refractivity contribution in [1.29, 1.82) is 0 Å². The van der Waals surface area contributed by atoms with Crippen LogP contribution in [0.4, 0.5) is 0 Å². The maximum absolute atomic E-state index is 12.3. The largest absolute Gasteiger partial charge is 0.462 e. The number of ether oxygens (including phenoxy) is 1. The average molecular weight is 456 g/mol. The molecule has 0 radical (unpaired) electrons. The zero-order chi connectivity index (χ0) is 23.7. The molecule has 0 aromatic heterocycles. The van der Waals surface area contributed by atoms with Crippen molar-refractivity contribution in [2.24, 2.45) is 0 Å². The van der Waals surface area contributed by atoms with Crippen LogP contribution >= 0.6 is 0 Å². The molecular weight excluding hydrogens is 398 g/mol. The summed E-state index contributed by atoms with van der Waals surface area (Å²) in [6.45, 7) is 9.80. The van der Waals surface area contributed by atoms with Crippen molar-refractivity contribution in [2.75, 3.05) is 26.2 Å². The van der Waals surface area contributed by atoms with Crippen molar-refractivity contribution in [3.05, 3.63) is 0 Å². The van der Waals surface area contributed by atoms with Gasteiger partial charge in [-0.05, 0) is 51.6 Å². The Labute approximate surface area is 200 Å². The molecule has 0 rings (SSSR count). The molecule has 0 aliphatic rings. The van der Waals surface area contributed by atoms with E-state index < -0.39 is 0 Å². The van der Waals surface area contributed by atoms with Crippen LogP contribution in [0.25, 0.3) is 0 Å². The molecule has 0 aliphatic heterocycles. The first kappa shape index (κ1) is 31.4.